The lowest BCUT2D eigenvalue weighted by Crippen LogP contribution is -2.19. The SMILES string of the molecule is COc1cc(-c2cnn(C(F)F)c2)ccc1-n1ccc(=O)c(/C(=C/C(C)=N)Nc2ccccc2)n1. The third-order valence-electron chi connectivity index (χ3n) is 5.04. The zero-order valence-corrected chi connectivity index (χ0v) is 18.9. The van der Waals surface area contributed by atoms with Crippen LogP contribution >= 0.6 is 0 Å². The molecule has 35 heavy (non-hydrogen) atoms. The summed E-state index contributed by atoms with van der Waals surface area (Å²) >= 11 is 0. The van der Waals surface area contributed by atoms with Crippen molar-refractivity contribution in [2.75, 3.05) is 12.4 Å². The second-order valence-electron chi connectivity index (χ2n) is 7.58. The summed E-state index contributed by atoms with van der Waals surface area (Å²) in [6.07, 6.45) is 5.64. The van der Waals surface area contributed by atoms with Crippen LogP contribution < -0.4 is 15.5 Å². The second kappa shape index (κ2) is 10.1. The first-order valence-electron chi connectivity index (χ1n) is 10.6. The molecular weight excluding hydrogens is 454 g/mol. The average Bonchev–Trinajstić information content (AvgIpc) is 3.35. The highest BCUT2D eigenvalue weighted by atomic mass is 19.3. The number of allylic oxidation sites excluding steroid dienone is 1. The topological polar surface area (TPSA) is 97.8 Å². The van der Waals surface area contributed by atoms with Gasteiger partial charge >= 0.3 is 6.55 Å². The van der Waals surface area contributed by atoms with Gasteiger partial charge in [-0.15, -0.1) is 0 Å². The minimum absolute atomic E-state index is 0.118. The Labute approximate surface area is 199 Å². The fraction of sp³-hybridized carbons (Fsp3) is 0.120. The highest BCUT2D eigenvalue weighted by Crippen LogP contribution is 2.30. The Balaban J connectivity index is 1.75. The summed E-state index contributed by atoms with van der Waals surface area (Å²) in [4.78, 5) is 12.7. The van der Waals surface area contributed by atoms with Crippen molar-refractivity contribution in [3.05, 3.63) is 95.2 Å². The van der Waals surface area contributed by atoms with Gasteiger partial charge in [0.1, 0.15) is 11.4 Å². The molecule has 2 aromatic carbocycles. The number of aromatic nitrogens is 4. The van der Waals surface area contributed by atoms with Gasteiger partial charge in [-0.1, -0.05) is 24.3 Å². The molecule has 4 aromatic rings. The Morgan fingerprint density at radius 2 is 1.91 bits per heavy atom. The summed E-state index contributed by atoms with van der Waals surface area (Å²) in [6, 6.07) is 15.8. The Morgan fingerprint density at radius 3 is 2.57 bits per heavy atom. The number of hydrogen-bond donors (Lipinski definition) is 2. The summed E-state index contributed by atoms with van der Waals surface area (Å²) in [7, 11) is 1.48. The molecule has 0 atom stereocenters. The molecule has 0 unspecified atom stereocenters. The Morgan fingerprint density at radius 1 is 1.14 bits per heavy atom. The average molecular weight is 476 g/mol. The molecular formula is C25H22F2N6O2. The van der Waals surface area contributed by atoms with Gasteiger partial charge in [0.2, 0.25) is 5.43 Å². The molecule has 0 aliphatic carbocycles. The Kier molecular flexibility index (Phi) is 6.81. The maximum absolute atomic E-state index is 12.9. The van der Waals surface area contributed by atoms with E-state index < -0.39 is 6.55 Å². The van der Waals surface area contributed by atoms with E-state index in [0.717, 1.165) is 5.69 Å². The summed E-state index contributed by atoms with van der Waals surface area (Å²) in [5.74, 6) is 0.416. The van der Waals surface area contributed by atoms with Crippen molar-refractivity contribution in [1.82, 2.24) is 19.6 Å². The third kappa shape index (κ3) is 5.32. The standard InChI is InChI=1S/C25H22F2N6O2/c1-16(28)12-20(30-19-6-4-3-5-7-19)24-22(34)10-11-32(31-24)21-9-8-17(13-23(21)35-2)18-14-29-33(15-18)25(26)27/h3-15,25,28,30H,1-2H3/b20-12-,28-16?. The van der Waals surface area contributed by atoms with Gasteiger partial charge in [-0.25, -0.2) is 9.36 Å². The summed E-state index contributed by atoms with van der Waals surface area (Å²) < 4.78 is 33.4. The van der Waals surface area contributed by atoms with E-state index in [9.17, 15) is 13.6 Å². The van der Waals surface area contributed by atoms with Crippen LogP contribution in [0.3, 0.4) is 0 Å². The fourth-order valence-electron chi connectivity index (χ4n) is 3.43. The maximum atomic E-state index is 12.9. The van der Waals surface area contributed by atoms with Crippen molar-refractivity contribution < 1.29 is 13.5 Å². The van der Waals surface area contributed by atoms with E-state index in [2.05, 4.69) is 15.5 Å². The lowest BCUT2D eigenvalue weighted by atomic mass is 10.1. The highest BCUT2D eigenvalue weighted by Gasteiger charge is 2.15. The molecule has 0 radical (unpaired) electrons. The first kappa shape index (κ1) is 23.6. The smallest absolute Gasteiger partial charge is 0.333 e. The van der Waals surface area contributed by atoms with Crippen LogP contribution in [0.1, 0.15) is 19.2 Å². The van der Waals surface area contributed by atoms with E-state index >= 15 is 0 Å². The molecule has 2 heterocycles. The van der Waals surface area contributed by atoms with Gasteiger partial charge in [0.15, 0.2) is 5.69 Å². The van der Waals surface area contributed by atoms with E-state index in [1.165, 1.54) is 42.5 Å². The van der Waals surface area contributed by atoms with E-state index in [4.69, 9.17) is 10.1 Å². The van der Waals surface area contributed by atoms with Crippen LogP contribution in [0.5, 0.6) is 5.75 Å². The molecule has 0 bridgehead atoms. The number of anilines is 1. The Bertz CT molecular complexity index is 1440. The number of hydrogen-bond acceptors (Lipinski definition) is 6. The molecule has 0 aliphatic rings. The molecule has 10 heteroatoms. The molecule has 0 saturated heterocycles. The predicted molar refractivity (Wildman–Crippen MR) is 130 cm³/mol. The summed E-state index contributed by atoms with van der Waals surface area (Å²) in [5.41, 5.74) is 2.81. The van der Waals surface area contributed by atoms with Crippen LogP contribution in [0.2, 0.25) is 0 Å². The van der Waals surface area contributed by atoms with Crippen LogP contribution in [0.15, 0.2) is 84.1 Å². The van der Waals surface area contributed by atoms with Gasteiger partial charge in [-0.2, -0.15) is 19.0 Å². The van der Waals surface area contributed by atoms with Gasteiger partial charge in [0, 0.05) is 35.4 Å². The van der Waals surface area contributed by atoms with Gasteiger partial charge in [0.05, 0.1) is 19.0 Å². The normalized spacial score (nSPS) is 11.5. The van der Waals surface area contributed by atoms with E-state index in [1.54, 1.807) is 25.1 Å². The van der Waals surface area contributed by atoms with Crippen molar-refractivity contribution >= 4 is 17.1 Å². The lowest BCUT2D eigenvalue weighted by molar-refractivity contribution is 0.0566. The number of benzene rings is 2. The zero-order valence-electron chi connectivity index (χ0n) is 18.9. The second-order valence-corrected chi connectivity index (χ2v) is 7.58. The molecule has 2 aromatic heterocycles. The summed E-state index contributed by atoms with van der Waals surface area (Å²) in [6.45, 7) is -1.13. The molecule has 178 valence electrons. The van der Waals surface area contributed by atoms with Crippen molar-refractivity contribution in [2.24, 2.45) is 0 Å². The van der Waals surface area contributed by atoms with Gasteiger partial charge in [-0.3, -0.25) is 4.79 Å². The molecule has 0 spiro atoms. The first-order chi connectivity index (χ1) is 16.9. The Hall–Kier alpha value is -4.60. The number of ether oxygens (including phenoxy) is 1. The largest absolute Gasteiger partial charge is 0.494 e. The van der Waals surface area contributed by atoms with Crippen LogP contribution in [0.4, 0.5) is 14.5 Å². The van der Waals surface area contributed by atoms with Crippen LogP contribution in [-0.4, -0.2) is 32.4 Å². The van der Waals surface area contributed by atoms with Crippen LogP contribution in [0.25, 0.3) is 22.5 Å². The number of methoxy groups -OCH3 is 1. The minimum atomic E-state index is -2.73. The molecule has 8 nitrogen and oxygen atoms in total. The van der Waals surface area contributed by atoms with Gasteiger partial charge in [0.25, 0.3) is 0 Å². The van der Waals surface area contributed by atoms with Crippen molar-refractivity contribution in [3.63, 3.8) is 0 Å². The van der Waals surface area contributed by atoms with E-state index in [0.29, 0.717) is 32.9 Å². The fourth-order valence-corrected chi connectivity index (χ4v) is 3.43. The molecule has 0 amide bonds. The molecule has 0 saturated carbocycles. The van der Waals surface area contributed by atoms with Gasteiger partial charge < -0.3 is 15.5 Å². The van der Waals surface area contributed by atoms with Crippen molar-refractivity contribution in [3.8, 4) is 22.6 Å². The summed E-state index contributed by atoms with van der Waals surface area (Å²) in [5, 5.41) is 19.2. The quantitative estimate of drug-likeness (QED) is 0.349. The zero-order chi connectivity index (χ0) is 24.9. The third-order valence-corrected chi connectivity index (χ3v) is 5.04. The monoisotopic (exact) mass is 476 g/mol. The predicted octanol–water partition coefficient (Wildman–Crippen LogP) is 4.99. The number of para-hydroxylation sites is 1. The molecule has 0 aliphatic heterocycles. The highest BCUT2D eigenvalue weighted by molar-refractivity contribution is 5.98. The van der Waals surface area contributed by atoms with E-state index in [-0.39, 0.29) is 16.8 Å². The number of alkyl halides is 2. The number of rotatable bonds is 8. The lowest BCUT2D eigenvalue weighted by Gasteiger charge is -2.15. The number of nitrogens with zero attached hydrogens (tertiary/aromatic N) is 4. The number of halogens is 2. The van der Waals surface area contributed by atoms with Crippen LogP contribution in [-0.2, 0) is 0 Å². The molecule has 2 N–H and O–H groups in total. The van der Waals surface area contributed by atoms with Crippen molar-refractivity contribution in [1.29, 1.82) is 5.41 Å². The molecule has 0 fully saturated rings. The van der Waals surface area contributed by atoms with Gasteiger partial charge in [-0.05, 0) is 42.8 Å². The minimum Gasteiger partial charge on any atom is -0.494 e. The first-order valence-corrected chi connectivity index (χ1v) is 10.6. The van der Waals surface area contributed by atoms with E-state index in [1.807, 2.05) is 30.3 Å². The van der Waals surface area contributed by atoms with Crippen LogP contribution in [0, 0.1) is 5.41 Å². The van der Waals surface area contributed by atoms with Crippen molar-refractivity contribution in [2.45, 2.75) is 13.5 Å². The maximum Gasteiger partial charge on any atom is 0.333 e. The molecule has 4 rings (SSSR count). The number of nitrogens with one attached hydrogen (secondary N) is 2.